The average molecular weight is 378 g/mol. The van der Waals surface area contributed by atoms with Crippen LogP contribution >= 0.6 is 12.2 Å². The van der Waals surface area contributed by atoms with E-state index in [1.165, 1.54) is 0 Å². The van der Waals surface area contributed by atoms with Crippen LogP contribution in [-0.4, -0.2) is 37.0 Å². The first-order valence-corrected chi connectivity index (χ1v) is 9.62. The van der Waals surface area contributed by atoms with Crippen LogP contribution in [0.15, 0.2) is 42.5 Å². The summed E-state index contributed by atoms with van der Waals surface area (Å²) in [6, 6.07) is 14.7. The van der Waals surface area contributed by atoms with Gasteiger partial charge in [-0.25, -0.2) is 9.97 Å². The second-order valence-corrected chi connectivity index (χ2v) is 7.71. The fourth-order valence-corrected chi connectivity index (χ4v) is 4.12. The summed E-state index contributed by atoms with van der Waals surface area (Å²) in [5.74, 6) is 0. The van der Waals surface area contributed by atoms with Crippen molar-refractivity contribution in [2.75, 3.05) is 5.32 Å². The maximum Gasteiger partial charge on any atom is 0.173 e. The number of H-pyrrole nitrogens is 1. The standard InChI is InChI=1S/C21H23N5S/c1-12(2)26(13(3)4)21(27)22-14-9-10-16-15(11-14)19-20(24-16)25-18-8-6-5-7-17(18)23-19/h5-13H,1-4H3,(H,22,27)(H,24,25). The van der Waals surface area contributed by atoms with Gasteiger partial charge in [-0.1, -0.05) is 12.1 Å². The Labute approximate surface area is 163 Å². The molecule has 0 aliphatic heterocycles. The highest BCUT2D eigenvalue weighted by atomic mass is 32.1. The van der Waals surface area contributed by atoms with Gasteiger partial charge >= 0.3 is 0 Å². The van der Waals surface area contributed by atoms with Crippen LogP contribution in [0.5, 0.6) is 0 Å². The molecule has 0 radical (unpaired) electrons. The molecule has 4 aromatic rings. The van der Waals surface area contributed by atoms with Gasteiger partial charge in [-0.3, -0.25) is 0 Å². The van der Waals surface area contributed by atoms with Crippen molar-refractivity contribution in [3.05, 3.63) is 42.5 Å². The lowest BCUT2D eigenvalue weighted by molar-refractivity contribution is 0.296. The van der Waals surface area contributed by atoms with Crippen molar-refractivity contribution >= 4 is 56.1 Å². The monoisotopic (exact) mass is 377 g/mol. The van der Waals surface area contributed by atoms with Crippen molar-refractivity contribution in [1.29, 1.82) is 0 Å². The number of hydrogen-bond donors (Lipinski definition) is 2. The van der Waals surface area contributed by atoms with Gasteiger partial charge in [-0.2, -0.15) is 0 Å². The molecule has 0 aliphatic carbocycles. The zero-order valence-electron chi connectivity index (χ0n) is 15.9. The third kappa shape index (κ3) is 3.21. The highest BCUT2D eigenvalue weighted by Crippen LogP contribution is 2.27. The summed E-state index contributed by atoms with van der Waals surface area (Å²) in [4.78, 5) is 15.1. The molecule has 0 aliphatic rings. The number of aromatic nitrogens is 3. The molecule has 138 valence electrons. The van der Waals surface area contributed by atoms with E-state index in [4.69, 9.17) is 22.2 Å². The number of aromatic amines is 1. The average Bonchev–Trinajstić information content (AvgIpc) is 2.96. The molecule has 0 unspecified atom stereocenters. The van der Waals surface area contributed by atoms with E-state index >= 15 is 0 Å². The minimum atomic E-state index is 0.332. The first-order valence-electron chi connectivity index (χ1n) is 9.21. The van der Waals surface area contributed by atoms with E-state index in [-0.39, 0.29) is 0 Å². The van der Waals surface area contributed by atoms with E-state index in [0.717, 1.165) is 43.9 Å². The minimum Gasteiger partial charge on any atom is -0.344 e. The van der Waals surface area contributed by atoms with Gasteiger partial charge in [0, 0.05) is 28.7 Å². The molecule has 0 fully saturated rings. The maximum absolute atomic E-state index is 5.65. The van der Waals surface area contributed by atoms with Crippen LogP contribution in [0.3, 0.4) is 0 Å². The lowest BCUT2D eigenvalue weighted by Gasteiger charge is -2.33. The summed E-state index contributed by atoms with van der Waals surface area (Å²) in [5.41, 5.74) is 5.43. The molecule has 2 heterocycles. The molecule has 5 nitrogen and oxygen atoms in total. The highest BCUT2D eigenvalue weighted by Gasteiger charge is 2.17. The molecule has 0 saturated heterocycles. The van der Waals surface area contributed by atoms with Gasteiger partial charge in [0.2, 0.25) is 0 Å². The van der Waals surface area contributed by atoms with E-state index in [2.05, 4.69) is 49.0 Å². The zero-order valence-corrected chi connectivity index (χ0v) is 16.8. The molecular weight excluding hydrogens is 354 g/mol. The van der Waals surface area contributed by atoms with Gasteiger partial charge in [0.1, 0.15) is 5.52 Å². The van der Waals surface area contributed by atoms with E-state index in [1.807, 2.05) is 36.4 Å². The molecule has 2 aromatic heterocycles. The number of para-hydroxylation sites is 2. The number of benzene rings is 2. The maximum atomic E-state index is 5.65. The summed E-state index contributed by atoms with van der Waals surface area (Å²) in [6.45, 7) is 8.60. The molecular formula is C21H23N5S. The van der Waals surface area contributed by atoms with Crippen LogP contribution in [0.25, 0.3) is 33.1 Å². The first kappa shape index (κ1) is 17.7. The molecule has 4 rings (SSSR count). The second-order valence-electron chi connectivity index (χ2n) is 7.32. The smallest absolute Gasteiger partial charge is 0.173 e. The predicted molar refractivity (Wildman–Crippen MR) is 117 cm³/mol. The van der Waals surface area contributed by atoms with Gasteiger partial charge in [0.25, 0.3) is 0 Å². The van der Waals surface area contributed by atoms with Crippen molar-refractivity contribution in [3.63, 3.8) is 0 Å². The lowest BCUT2D eigenvalue weighted by atomic mass is 10.2. The third-order valence-electron chi connectivity index (χ3n) is 4.70. The van der Waals surface area contributed by atoms with Gasteiger partial charge < -0.3 is 15.2 Å². The molecule has 0 saturated carbocycles. The van der Waals surface area contributed by atoms with Gasteiger partial charge in [0.15, 0.2) is 10.8 Å². The Bertz CT molecular complexity index is 1140. The molecule has 0 spiro atoms. The number of nitrogens with one attached hydrogen (secondary N) is 2. The molecule has 0 amide bonds. The fourth-order valence-electron chi connectivity index (χ4n) is 3.58. The van der Waals surface area contributed by atoms with Gasteiger partial charge in [0.05, 0.1) is 11.0 Å². The van der Waals surface area contributed by atoms with Crippen LogP contribution in [0.4, 0.5) is 5.69 Å². The second kappa shape index (κ2) is 6.78. The zero-order chi connectivity index (χ0) is 19.1. The van der Waals surface area contributed by atoms with Crippen molar-refractivity contribution in [3.8, 4) is 0 Å². The van der Waals surface area contributed by atoms with E-state index < -0.39 is 0 Å². The number of thiocarbonyl (C=S) groups is 1. The molecule has 6 heteroatoms. The van der Waals surface area contributed by atoms with Crippen molar-refractivity contribution in [1.82, 2.24) is 19.9 Å². The number of fused-ring (bicyclic) bond motifs is 4. The van der Waals surface area contributed by atoms with Crippen LogP contribution < -0.4 is 5.32 Å². The van der Waals surface area contributed by atoms with Crippen LogP contribution in [-0.2, 0) is 0 Å². The van der Waals surface area contributed by atoms with Crippen molar-refractivity contribution < 1.29 is 0 Å². The molecule has 2 N–H and O–H groups in total. The summed E-state index contributed by atoms with van der Waals surface area (Å²) in [5, 5.41) is 5.15. The van der Waals surface area contributed by atoms with E-state index in [9.17, 15) is 0 Å². The number of hydrogen-bond acceptors (Lipinski definition) is 3. The lowest BCUT2D eigenvalue weighted by Crippen LogP contribution is -2.44. The number of rotatable bonds is 3. The van der Waals surface area contributed by atoms with Gasteiger partial charge in [-0.15, -0.1) is 0 Å². The summed E-state index contributed by atoms with van der Waals surface area (Å²) < 4.78 is 0. The summed E-state index contributed by atoms with van der Waals surface area (Å²) >= 11 is 5.65. The Morgan fingerprint density at radius 3 is 2.33 bits per heavy atom. The predicted octanol–water partition coefficient (Wildman–Crippen LogP) is 5.08. The Kier molecular flexibility index (Phi) is 4.44. The Morgan fingerprint density at radius 1 is 1.00 bits per heavy atom. The molecule has 27 heavy (non-hydrogen) atoms. The molecule has 2 aromatic carbocycles. The SMILES string of the molecule is CC(C)N(C(=S)Nc1ccc2[nH]c3nc4ccccc4nc3c2c1)C(C)C. The van der Waals surface area contributed by atoms with Crippen molar-refractivity contribution in [2.24, 2.45) is 0 Å². The first-order chi connectivity index (χ1) is 12.9. The fraction of sp³-hybridized carbons (Fsp3) is 0.286. The Hall–Kier alpha value is -2.73. The molecule has 0 bridgehead atoms. The number of nitrogens with zero attached hydrogens (tertiary/aromatic N) is 3. The van der Waals surface area contributed by atoms with E-state index in [1.54, 1.807) is 0 Å². The van der Waals surface area contributed by atoms with Crippen LogP contribution in [0.1, 0.15) is 27.7 Å². The van der Waals surface area contributed by atoms with E-state index in [0.29, 0.717) is 12.1 Å². The largest absolute Gasteiger partial charge is 0.344 e. The summed E-state index contributed by atoms with van der Waals surface area (Å²) in [7, 11) is 0. The minimum absolute atomic E-state index is 0.332. The Balaban J connectivity index is 1.76. The van der Waals surface area contributed by atoms with Crippen molar-refractivity contribution in [2.45, 2.75) is 39.8 Å². The normalized spacial score (nSPS) is 11.8. The highest BCUT2D eigenvalue weighted by molar-refractivity contribution is 7.80. The summed E-state index contributed by atoms with van der Waals surface area (Å²) in [6.07, 6.45) is 0. The van der Waals surface area contributed by atoms with Crippen LogP contribution in [0.2, 0.25) is 0 Å². The van der Waals surface area contributed by atoms with Crippen LogP contribution in [0, 0.1) is 0 Å². The van der Waals surface area contributed by atoms with Gasteiger partial charge in [-0.05, 0) is 70.2 Å². The quantitative estimate of drug-likeness (QED) is 0.488. The number of anilines is 1. The topological polar surface area (TPSA) is 56.8 Å². The molecule has 0 atom stereocenters. The Morgan fingerprint density at radius 2 is 1.67 bits per heavy atom. The third-order valence-corrected chi connectivity index (χ3v) is 5.01.